The minimum absolute atomic E-state index is 0.0195. The maximum Gasteiger partial charge on any atom is 0.318 e. The molecular weight excluding hydrogens is 434 g/mol. The number of ether oxygens (including phenoxy) is 1. The first-order valence-electron chi connectivity index (χ1n) is 11.9. The predicted octanol–water partition coefficient (Wildman–Crippen LogP) is 5.03. The van der Waals surface area contributed by atoms with Gasteiger partial charge in [0, 0.05) is 24.0 Å². The zero-order chi connectivity index (χ0) is 24.0. The molecule has 2 heterocycles. The van der Waals surface area contributed by atoms with Gasteiger partial charge < -0.3 is 19.9 Å². The van der Waals surface area contributed by atoms with Crippen molar-refractivity contribution in [1.82, 2.24) is 15.1 Å². The third kappa shape index (κ3) is 6.73. The fourth-order valence-corrected chi connectivity index (χ4v) is 4.93. The van der Waals surface area contributed by atoms with Crippen LogP contribution in [0.3, 0.4) is 0 Å². The number of rotatable bonds is 9. The molecule has 1 aliphatic heterocycles. The first-order chi connectivity index (χ1) is 15.8. The summed E-state index contributed by atoms with van der Waals surface area (Å²) >= 11 is 1.74. The molecule has 0 aliphatic carbocycles. The van der Waals surface area contributed by atoms with Crippen LogP contribution in [0, 0.1) is 12.8 Å². The van der Waals surface area contributed by atoms with Crippen molar-refractivity contribution >= 4 is 23.3 Å². The Balaban J connectivity index is 1.76. The highest BCUT2D eigenvalue weighted by atomic mass is 32.1. The Labute approximate surface area is 201 Å². The molecule has 0 bridgehead atoms. The molecule has 1 aromatic carbocycles. The molecule has 0 saturated heterocycles. The molecule has 0 spiro atoms. The van der Waals surface area contributed by atoms with Crippen LogP contribution >= 0.6 is 11.3 Å². The van der Waals surface area contributed by atoms with E-state index in [4.69, 9.17) is 4.74 Å². The summed E-state index contributed by atoms with van der Waals surface area (Å²) in [5, 5.41) is 5.03. The van der Waals surface area contributed by atoms with Crippen molar-refractivity contribution in [3.63, 3.8) is 0 Å². The first kappa shape index (κ1) is 25.1. The lowest BCUT2D eigenvalue weighted by Gasteiger charge is -2.37. The molecule has 7 heteroatoms. The smallest absolute Gasteiger partial charge is 0.318 e. The van der Waals surface area contributed by atoms with E-state index in [9.17, 15) is 9.59 Å². The van der Waals surface area contributed by atoms with Crippen LogP contribution < -0.4 is 10.1 Å². The summed E-state index contributed by atoms with van der Waals surface area (Å²) in [6, 6.07) is 9.75. The largest absolute Gasteiger partial charge is 0.491 e. The number of amides is 3. The molecule has 2 aromatic rings. The summed E-state index contributed by atoms with van der Waals surface area (Å²) in [5.41, 5.74) is 2.34. The van der Waals surface area contributed by atoms with Gasteiger partial charge in [-0.3, -0.25) is 4.79 Å². The van der Waals surface area contributed by atoms with Crippen LogP contribution in [0.2, 0.25) is 0 Å². The Bertz CT molecular complexity index is 925. The highest BCUT2D eigenvalue weighted by molar-refractivity contribution is 7.10. The van der Waals surface area contributed by atoms with Gasteiger partial charge in [0.05, 0.1) is 6.04 Å². The summed E-state index contributed by atoms with van der Waals surface area (Å²) in [6.45, 7) is 11.8. The number of carbonyl (C=O) groups excluding carboxylic acids is 2. The van der Waals surface area contributed by atoms with Gasteiger partial charge in [0.1, 0.15) is 18.9 Å². The molecule has 33 heavy (non-hydrogen) atoms. The van der Waals surface area contributed by atoms with Crippen LogP contribution in [-0.2, 0) is 11.2 Å². The number of urea groups is 1. The lowest BCUT2D eigenvalue weighted by Crippen LogP contribution is -2.51. The number of hydrogen-bond acceptors (Lipinski definition) is 4. The zero-order valence-corrected chi connectivity index (χ0v) is 21.3. The average Bonchev–Trinajstić information content (AvgIpc) is 3.26. The van der Waals surface area contributed by atoms with E-state index in [1.54, 1.807) is 16.2 Å². The van der Waals surface area contributed by atoms with Gasteiger partial charge in [-0.05, 0) is 62.3 Å². The van der Waals surface area contributed by atoms with Crippen molar-refractivity contribution in [2.75, 3.05) is 26.2 Å². The number of benzene rings is 1. The molecule has 0 radical (unpaired) electrons. The molecule has 6 nitrogen and oxygen atoms in total. The van der Waals surface area contributed by atoms with Crippen LogP contribution in [0.1, 0.15) is 56.2 Å². The summed E-state index contributed by atoms with van der Waals surface area (Å²) in [4.78, 5) is 31.2. The number of thiophene rings is 1. The Morgan fingerprint density at radius 2 is 1.94 bits per heavy atom. The standard InChI is InChI=1S/C26H37N3O3S/c1-6-19(4)15-28(26(31)27-18(2)3)16-25(30)29-13-11-24-22(12-14-33-24)23(29)17-32-21-9-7-20(5)8-10-21/h7-10,12,14,18-19,23H,6,11,13,15-17H2,1-5H3,(H,27,31)/t19-,23-/m0/s1. The fraction of sp³-hybridized carbons (Fsp3) is 0.538. The van der Waals surface area contributed by atoms with Gasteiger partial charge in [-0.25, -0.2) is 4.79 Å². The third-order valence-corrected chi connectivity index (χ3v) is 7.10. The van der Waals surface area contributed by atoms with Crippen molar-refractivity contribution in [2.45, 2.75) is 59.5 Å². The Morgan fingerprint density at radius 3 is 2.61 bits per heavy atom. The number of nitrogens with one attached hydrogen (secondary N) is 1. The molecule has 2 atom stereocenters. The predicted molar refractivity (Wildman–Crippen MR) is 134 cm³/mol. The maximum absolute atomic E-state index is 13.5. The summed E-state index contributed by atoms with van der Waals surface area (Å²) in [6.07, 6.45) is 1.79. The van der Waals surface area contributed by atoms with E-state index < -0.39 is 0 Å². The van der Waals surface area contributed by atoms with Crippen LogP contribution in [0.5, 0.6) is 5.75 Å². The molecule has 1 N–H and O–H groups in total. The third-order valence-electron chi connectivity index (χ3n) is 6.10. The maximum atomic E-state index is 13.5. The van der Waals surface area contributed by atoms with Crippen LogP contribution in [0.25, 0.3) is 0 Å². The average molecular weight is 472 g/mol. The molecule has 0 unspecified atom stereocenters. The molecule has 1 aliphatic rings. The van der Waals surface area contributed by atoms with Gasteiger partial charge in [-0.1, -0.05) is 38.0 Å². The molecule has 1 aromatic heterocycles. The second kappa shape index (κ2) is 11.5. The minimum atomic E-state index is -0.181. The number of hydrogen-bond donors (Lipinski definition) is 1. The monoisotopic (exact) mass is 471 g/mol. The molecule has 0 saturated carbocycles. The van der Waals surface area contributed by atoms with Crippen molar-refractivity contribution in [3.05, 3.63) is 51.7 Å². The van der Waals surface area contributed by atoms with E-state index in [1.807, 2.05) is 49.9 Å². The fourth-order valence-electron chi connectivity index (χ4n) is 4.00. The van der Waals surface area contributed by atoms with E-state index in [2.05, 4.69) is 30.6 Å². The van der Waals surface area contributed by atoms with Crippen LogP contribution in [0.15, 0.2) is 35.7 Å². The summed E-state index contributed by atoms with van der Waals surface area (Å²) < 4.78 is 6.11. The molecule has 180 valence electrons. The second-order valence-corrected chi connectivity index (χ2v) is 10.3. The normalized spacial score (nSPS) is 16.3. The minimum Gasteiger partial charge on any atom is -0.491 e. The van der Waals surface area contributed by atoms with Crippen molar-refractivity contribution in [1.29, 1.82) is 0 Å². The van der Waals surface area contributed by atoms with E-state index in [0.29, 0.717) is 25.6 Å². The van der Waals surface area contributed by atoms with Gasteiger partial charge in [-0.15, -0.1) is 11.3 Å². The Morgan fingerprint density at radius 1 is 1.21 bits per heavy atom. The van der Waals surface area contributed by atoms with E-state index in [0.717, 1.165) is 24.2 Å². The highest BCUT2D eigenvalue weighted by Gasteiger charge is 2.33. The second-order valence-electron chi connectivity index (χ2n) is 9.27. The first-order valence-corrected chi connectivity index (χ1v) is 12.8. The highest BCUT2D eigenvalue weighted by Crippen LogP contribution is 2.34. The van der Waals surface area contributed by atoms with Gasteiger partial charge in [-0.2, -0.15) is 0 Å². The Hall–Kier alpha value is -2.54. The lowest BCUT2D eigenvalue weighted by atomic mass is 10.00. The van der Waals surface area contributed by atoms with Gasteiger partial charge in [0.25, 0.3) is 0 Å². The molecule has 3 rings (SSSR count). The number of nitrogens with zero attached hydrogens (tertiary/aromatic N) is 2. The quantitative estimate of drug-likeness (QED) is 0.558. The van der Waals surface area contributed by atoms with Gasteiger partial charge in [0.2, 0.25) is 5.91 Å². The van der Waals surface area contributed by atoms with Crippen LogP contribution in [0.4, 0.5) is 4.79 Å². The lowest BCUT2D eigenvalue weighted by molar-refractivity contribution is -0.135. The van der Waals surface area contributed by atoms with E-state index in [1.165, 1.54) is 10.4 Å². The van der Waals surface area contributed by atoms with E-state index in [-0.39, 0.29) is 30.6 Å². The molecule has 0 fully saturated rings. The molecule has 3 amide bonds. The van der Waals surface area contributed by atoms with Crippen molar-refractivity contribution in [3.8, 4) is 5.75 Å². The van der Waals surface area contributed by atoms with Crippen molar-refractivity contribution in [2.24, 2.45) is 5.92 Å². The number of carbonyl (C=O) groups is 2. The SMILES string of the molecule is CC[C@H](C)CN(CC(=O)N1CCc2sccc2[C@@H]1COc1ccc(C)cc1)C(=O)NC(C)C. The van der Waals surface area contributed by atoms with Gasteiger partial charge >= 0.3 is 6.03 Å². The zero-order valence-electron chi connectivity index (χ0n) is 20.5. The van der Waals surface area contributed by atoms with E-state index >= 15 is 0 Å². The number of aryl methyl sites for hydroxylation is 1. The summed E-state index contributed by atoms with van der Waals surface area (Å²) in [7, 11) is 0. The topological polar surface area (TPSA) is 61.9 Å². The molecular formula is C26H37N3O3S. The van der Waals surface area contributed by atoms with Gasteiger partial charge in [0.15, 0.2) is 0 Å². The van der Waals surface area contributed by atoms with Crippen molar-refractivity contribution < 1.29 is 14.3 Å². The number of fused-ring (bicyclic) bond motifs is 1. The van der Waals surface area contributed by atoms with Crippen LogP contribution in [-0.4, -0.2) is 54.0 Å². The summed E-state index contributed by atoms with van der Waals surface area (Å²) in [5.74, 6) is 1.08. The Kier molecular flexibility index (Phi) is 8.78.